The third-order valence-corrected chi connectivity index (χ3v) is 8.07. The number of hydrogen-bond acceptors (Lipinski definition) is 6. The molecular weight excluding hydrogens is 348 g/mol. The van der Waals surface area contributed by atoms with Crippen LogP contribution in [0.2, 0.25) is 0 Å². The molecule has 128 valence electrons. The van der Waals surface area contributed by atoms with E-state index in [4.69, 9.17) is 0 Å². The van der Waals surface area contributed by atoms with Crippen molar-refractivity contribution in [3.8, 4) is 0 Å². The van der Waals surface area contributed by atoms with Crippen LogP contribution < -0.4 is 0 Å². The summed E-state index contributed by atoms with van der Waals surface area (Å²) in [6.45, 7) is 3.62. The molecule has 0 N–H and O–H groups in total. The smallest absolute Gasteiger partial charge is 0.220 e. The minimum atomic E-state index is -4.24. The molecule has 0 bridgehead atoms. The van der Waals surface area contributed by atoms with E-state index in [0.717, 1.165) is 11.1 Å². The van der Waals surface area contributed by atoms with Crippen molar-refractivity contribution in [3.63, 3.8) is 0 Å². The number of hydrogen-bond donors (Lipinski definition) is 0. The van der Waals surface area contributed by atoms with Crippen LogP contribution in [0.3, 0.4) is 0 Å². The van der Waals surface area contributed by atoms with Crippen molar-refractivity contribution < 1.29 is 16.8 Å². The van der Waals surface area contributed by atoms with Crippen LogP contribution in [0.25, 0.3) is 0 Å². The molecule has 0 aliphatic carbocycles. The minimum Gasteiger partial charge on any atom is -0.220 e. The van der Waals surface area contributed by atoms with Crippen molar-refractivity contribution in [1.82, 2.24) is 0 Å². The largest absolute Gasteiger partial charge is 0.280 e. The Morgan fingerprint density at radius 2 is 1.04 bits per heavy atom. The Hall–Kier alpha value is -2.06. The van der Waals surface area contributed by atoms with Crippen molar-refractivity contribution in [1.29, 1.82) is 0 Å². The molecule has 2 aromatic rings. The lowest BCUT2D eigenvalue weighted by atomic mass is 10.2. The third kappa shape index (κ3) is 3.54. The van der Waals surface area contributed by atoms with E-state index in [9.17, 15) is 16.8 Å². The summed E-state index contributed by atoms with van der Waals surface area (Å²) in [4.78, 5) is -0.220. The molecule has 0 atom stereocenters. The van der Waals surface area contributed by atoms with E-state index in [0.29, 0.717) is 0 Å². The van der Waals surface area contributed by atoms with E-state index in [2.05, 4.69) is 10.2 Å². The summed E-state index contributed by atoms with van der Waals surface area (Å²) in [5.74, 6) is 0. The molecule has 2 aromatic carbocycles. The number of rotatable bonds is 5. The highest BCUT2D eigenvalue weighted by Crippen LogP contribution is 2.27. The second-order valence-electron chi connectivity index (χ2n) is 5.34. The molecule has 0 saturated carbocycles. The second kappa shape index (κ2) is 6.82. The van der Waals surface area contributed by atoms with E-state index in [-0.39, 0.29) is 9.79 Å². The van der Waals surface area contributed by atoms with Gasteiger partial charge in [-0.1, -0.05) is 35.4 Å². The van der Waals surface area contributed by atoms with Crippen molar-refractivity contribution in [2.24, 2.45) is 10.2 Å². The average molecular weight is 366 g/mol. The Labute approximate surface area is 142 Å². The molecule has 0 fully saturated rings. The standard InChI is InChI=1S/C16H18N2O4S2/c1-12-4-8-14(9-5-12)23(19,20)16(18-17-3)24(21,22)15-10-6-13(2)7-11-15/h4-11,16H,1-3H3. The number of sulfone groups is 2. The minimum absolute atomic E-state index is 0.110. The molecule has 0 spiro atoms. The summed E-state index contributed by atoms with van der Waals surface area (Å²) in [7, 11) is -7.25. The van der Waals surface area contributed by atoms with Gasteiger partial charge in [-0.25, -0.2) is 16.8 Å². The summed E-state index contributed by atoms with van der Waals surface area (Å²) in [5, 5.41) is 6.94. The van der Waals surface area contributed by atoms with Gasteiger partial charge in [0, 0.05) is 7.05 Å². The van der Waals surface area contributed by atoms with Gasteiger partial charge in [-0.15, -0.1) is 0 Å². The fourth-order valence-corrected chi connectivity index (χ4v) is 6.01. The summed E-state index contributed by atoms with van der Waals surface area (Å²) in [6, 6.07) is 11.9. The zero-order valence-corrected chi connectivity index (χ0v) is 15.2. The first-order valence-electron chi connectivity index (χ1n) is 7.09. The number of benzene rings is 2. The number of nitrogens with zero attached hydrogens (tertiary/aromatic N) is 2. The van der Waals surface area contributed by atoms with Gasteiger partial charge >= 0.3 is 0 Å². The molecular formula is C16H18N2O4S2. The summed E-state index contributed by atoms with van der Waals surface area (Å²) in [6.07, 6.45) is 0. The van der Waals surface area contributed by atoms with Gasteiger partial charge in [0.15, 0.2) is 0 Å². The molecule has 0 aliphatic rings. The Bertz CT molecular complexity index is 871. The van der Waals surface area contributed by atoms with E-state index < -0.39 is 24.4 Å². The SMILES string of the molecule is CN=NC(S(=O)(=O)c1ccc(C)cc1)S(=O)(=O)c1ccc(C)cc1. The van der Waals surface area contributed by atoms with Gasteiger partial charge in [0.2, 0.25) is 19.7 Å². The lowest BCUT2D eigenvalue weighted by molar-refractivity contribution is 0.573. The maximum absolute atomic E-state index is 12.8. The predicted molar refractivity (Wildman–Crippen MR) is 91.3 cm³/mol. The Kier molecular flexibility index (Phi) is 5.19. The zero-order chi connectivity index (χ0) is 18.0. The van der Waals surface area contributed by atoms with E-state index in [1.165, 1.54) is 31.3 Å². The van der Waals surface area contributed by atoms with Crippen LogP contribution in [0.1, 0.15) is 11.1 Å². The van der Waals surface area contributed by atoms with Gasteiger partial charge in [0.05, 0.1) is 9.79 Å². The number of azo groups is 1. The maximum Gasteiger partial charge on any atom is 0.280 e. The van der Waals surface area contributed by atoms with Crippen LogP contribution in [0, 0.1) is 13.8 Å². The molecule has 0 aliphatic heterocycles. The lowest BCUT2D eigenvalue weighted by Gasteiger charge is -2.14. The molecule has 6 nitrogen and oxygen atoms in total. The van der Waals surface area contributed by atoms with E-state index in [1.807, 2.05) is 13.8 Å². The maximum atomic E-state index is 12.8. The molecule has 8 heteroatoms. The molecule has 0 saturated heterocycles. The van der Waals surface area contributed by atoms with Gasteiger partial charge in [-0.3, -0.25) is 0 Å². The topological polar surface area (TPSA) is 93.0 Å². The fourth-order valence-electron chi connectivity index (χ4n) is 2.07. The van der Waals surface area contributed by atoms with E-state index >= 15 is 0 Å². The van der Waals surface area contributed by atoms with Crippen molar-refractivity contribution in [3.05, 3.63) is 59.7 Å². The van der Waals surface area contributed by atoms with Crippen LogP contribution in [0.15, 0.2) is 68.6 Å². The van der Waals surface area contributed by atoms with E-state index in [1.54, 1.807) is 24.3 Å². The van der Waals surface area contributed by atoms with Gasteiger partial charge in [0.1, 0.15) is 0 Å². The van der Waals surface area contributed by atoms with Crippen molar-refractivity contribution in [2.45, 2.75) is 28.3 Å². The molecule has 0 amide bonds. The molecule has 0 aromatic heterocycles. The molecule has 0 heterocycles. The van der Waals surface area contributed by atoms with Crippen LogP contribution in [0.5, 0.6) is 0 Å². The highest BCUT2D eigenvalue weighted by Gasteiger charge is 2.40. The lowest BCUT2D eigenvalue weighted by Crippen LogP contribution is -2.29. The van der Waals surface area contributed by atoms with Crippen LogP contribution >= 0.6 is 0 Å². The highest BCUT2D eigenvalue weighted by atomic mass is 32.3. The molecule has 2 rings (SSSR count). The van der Waals surface area contributed by atoms with Crippen molar-refractivity contribution in [2.75, 3.05) is 7.05 Å². The quantitative estimate of drug-likeness (QED) is 0.761. The Balaban J connectivity index is 2.60. The first-order valence-corrected chi connectivity index (χ1v) is 10.2. The van der Waals surface area contributed by atoms with Gasteiger partial charge in [-0.05, 0) is 38.1 Å². The predicted octanol–water partition coefficient (Wildman–Crippen LogP) is 2.92. The van der Waals surface area contributed by atoms with Gasteiger partial charge < -0.3 is 0 Å². The molecule has 0 unspecified atom stereocenters. The first-order chi connectivity index (χ1) is 11.2. The average Bonchev–Trinajstić information content (AvgIpc) is 2.53. The van der Waals surface area contributed by atoms with Gasteiger partial charge in [0.25, 0.3) is 4.71 Å². The summed E-state index contributed by atoms with van der Waals surface area (Å²) >= 11 is 0. The zero-order valence-electron chi connectivity index (χ0n) is 13.5. The van der Waals surface area contributed by atoms with Gasteiger partial charge in [-0.2, -0.15) is 10.2 Å². The molecule has 0 radical (unpaired) electrons. The Morgan fingerprint density at radius 1 is 0.708 bits per heavy atom. The number of aryl methyl sites for hydroxylation is 2. The third-order valence-electron chi connectivity index (χ3n) is 3.44. The normalized spacial score (nSPS) is 12.8. The summed E-state index contributed by atoms with van der Waals surface area (Å²) in [5.41, 5.74) is 1.73. The highest BCUT2D eigenvalue weighted by molar-refractivity contribution is 8.09. The second-order valence-corrected chi connectivity index (χ2v) is 9.65. The van der Waals surface area contributed by atoms with Crippen LogP contribution in [-0.4, -0.2) is 28.6 Å². The summed E-state index contributed by atoms with van der Waals surface area (Å²) < 4.78 is 49.1. The fraction of sp³-hybridized carbons (Fsp3) is 0.250. The van der Waals surface area contributed by atoms with Crippen LogP contribution in [-0.2, 0) is 19.7 Å². The first kappa shape index (κ1) is 18.3. The Morgan fingerprint density at radius 3 is 1.33 bits per heavy atom. The molecule has 24 heavy (non-hydrogen) atoms. The van der Waals surface area contributed by atoms with Crippen LogP contribution in [0.4, 0.5) is 0 Å². The van der Waals surface area contributed by atoms with Crippen molar-refractivity contribution >= 4 is 19.7 Å². The monoisotopic (exact) mass is 366 g/mol.